The molecule has 1 unspecified atom stereocenters. The van der Waals surface area contributed by atoms with Crippen molar-refractivity contribution in [1.82, 2.24) is 0 Å². The molecule has 242 valence electrons. The van der Waals surface area contributed by atoms with E-state index in [9.17, 15) is 0 Å². The molecule has 0 saturated carbocycles. The van der Waals surface area contributed by atoms with E-state index in [1.54, 1.807) is 7.11 Å². The fraction of sp³-hybridized carbons (Fsp3) is 0.200. The van der Waals surface area contributed by atoms with Crippen molar-refractivity contribution in [1.29, 1.82) is 0 Å². The zero-order valence-electron chi connectivity index (χ0n) is 28.2. The number of morpholine rings is 1. The Balaban J connectivity index is 1.26. The van der Waals surface area contributed by atoms with Crippen LogP contribution in [0.25, 0.3) is 39.1 Å². The predicted molar refractivity (Wildman–Crippen MR) is 200 cm³/mol. The molecule has 1 aliphatic carbocycles. The van der Waals surface area contributed by atoms with Crippen LogP contribution in [0.1, 0.15) is 41.7 Å². The standard InChI is InChI=1S/C45H39NO3/c1-44(2)40-12-8-7-11-37(40)41-36-22-21-35(47-3)29-39(36)43-38(42(41)44)23-24-45(49-43,32-15-13-31(14-16-32)30-9-5-4-6-10-30)33-17-19-34(20-18-33)46-25-27-48-28-26-46/h4-24,29H,25-28H2,1-3H3. The van der Waals surface area contributed by atoms with Gasteiger partial charge in [-0.05, 0) is 75.2 Å². The third-order valence-corrected chi connectivity index (χ3v) is 10.8. The highest BCUT2D eigenvalue weighted by Gasteiger charge is 2.44. The molecule has 4 nitrogen and oxygen atoms in total. The molecular formula is C45H39NO3. The van der Waals surface area contributed by atoms with Crippen LogP contribution in [0.15, 0.2) is 127 Å². The summed E-state index contributed by atoms with van der Waals surface area (Å²) in [4.78, 5) is 2.39. The number of ether oxygens (including phenoxy) is 3. The Morgan fingerprint density at radius 3 is 2.10 bits per heavy atom. The van der Waals surface area contributed by atoms with Crippen molar-refractivity contribution >= 4 is 22.5 Å². The number of fused-ring (bicyclic) bond motifs is 8. The summed E-state index contributed by atoms with van der Waals surface area (Å²) in [5.74, 6) is 1.70. The van der Waals surface area contributed by atoms with Gasteiger partial charge in [0.1, 0.15) is 11.5 Å². The van der Waals surface area contributed by atoms with Crippen molar-refractivity contribution in [2.45, 2.75) is 24.9 Å². The number of benzene rings is 6. The first kappa shape index (κ1) is 29.8. The number of methoxy groups -OCH3 is 1. The Morgan fingerprint density at radius 2 is 1.37 bits per heavy atom. The molecule has 49 heavy (non-hydrogen) atoms. The Kier molecular flexibility index (Phi) is 6.93. The van der Waals surface area contributed by atoms with Crippen molar-refractivity contribution in [2.75, 3.05) is 38.3 Å². The minimum Gasteiger partial charge on any atom is -0.497 e. The summed E-state index contributed by atoms with van der Waals surface area (Å²) in [6.07, 6.45) is 4.60. The van der Waals surface area contributed by atoms with E-state index in [1.165, 1.54) is 44.5 Å². The second-order valence-corrected chi connectivity index (χ2v) is 13.8. The molecule has 6 aromatic carbocycles. The first-order valence-corrected chi connectivity index (χ1v) is 17.2. The Morgan fingerprint density at radius 1 is 0.694 bits per heavy atom. The zero-order chi connectivity index (χ0) is 33.2. The van der Waals surface area contributed by atoms with Crippen LogP contribution in [0.5, 0.6) is 11.5 Å². The first-order valence-electron chi connectivity index (χ1n) is 17.2. The summed E-state index contributed by atoms with van der Waals surface area (Å²) in [5, 5.41) is 2.24. The molecule has 3 aliphatic rings. The summed E-state index contributed by atoms with van der Waals surface area (Å²) in [6, 6.07) is 43.6. The van der Waals surface area contributed by atoms with Crippen molar-refractivity contribution in [2.24, 2.45) is 0 Å². The molecule has 9 rings (SSSR count). The highest BCUT2D eigenvalue weighted by atomic mass is 16.5. The van der Waals surface area contributed by atoms with Gasteiger partial charge in [-0.3, -0.25) is 0 Å². The summed E-state index contributed by atoms with van der Waals surface area (Å²) >= 11 is 0. The van der Waals surface area contributed by atoms with E-state index in [0.717, 1.165) is 59.9 Å². The van der Waals surface area contributed by atoms with E-state index in [0.29, 0.717) is 0 Å². The highest BCUT2D eigenvalue weighted by molar-refractivity contribution is 6.09. The smallest absolute Gasteiger partial charge is 0.178 e. The van der Waals surface area contributed by atoms with Gasteiger partial charge in [-0.25, -0.2) is 0 Å². The van der Waals surface area contributed by atoms with Crippen LogP contribution in [0.2, 0.25) is 0 Å². The van der Waals surface area contributed by atoms with Crippen molar-refractivity contribution in [3.8, 4) is 33.8 Å². The number of hydrogen-bond donors (Lipinski definition) is 0. The number of anilines is 1. The second kappa shape index (κ2) is 11.4. The molecule has 1 fully saturated rings. The molecule has 0 bridgehead atoms. The van der Waals surface area contributed by atoms with Gasteiger partial charge >= 0.3 is 0 Å². The summed E-state index contributed by atoms with van der Waals surface area (Å²) in [6.45, 7) is 7.98. The zero-order valence-corrected chi connectivity index (χ0v) is 28.2. The lowest BCUT2D eigenvalue weighted by Gasteiger charge is -2.39. The summed E-state index contributed by atoms with van der Waals surface area (Å²) in [5.41, 5.74) is 11.1. The van der Waals surface area contributed by atoms with Gasteiger partial charge in [0.15, 0.2) is 5.60 Å². The van der Waals surface area contributed by atoms with Gasteiger partial charge in [0, 0.05) is 46.3 Å². The van der Waals surface area contributed by atoms with Crippen molar-refractivity contribution in [3.63, 3.8) is 0 Å². The number of hydrogen-bond acceptors (Lipinski definition) is 4. The molecule has 0 aromatic heterocycles. The molecule has 6 aromatic rings. The molecule has 4 heteroatoms. The van der Waals surface area contributed by atoms with E-state index >= 15 is 0 Å². The maximum absolute atomic E-state index is 7.58. The molecule has 2 aliphatic heterocycles. The molecule has 0 spiro atoms. The minimum absolute atomic E-state index is 0.199. The molecule has 0 amide bonds. The van der Waals surface area contributed by atoms with Crippen molar-refractivity contribution in [3.05, 3.63) is 155 Å². The third kappa shape index (κ3) is 4.62. The van der Waals surface area contributed by atoms with Gasteiger partial charge in [-0.15, -0.1) is 0 Å². The van der Waals surface area contributed by atoms with E-state index in [1.807, 2.05) is 0 Å². The van der Waals surface area contributed by atoms with Crippen LogP contribution < -0.4 is 14.4 Å². The lowest BCUT2D eigenvalue weighted by Crippen LogP contribution is -2.37. The molecule has 1 saturated heterocycles. The molecule has 2 heterocycles. The van der Waals surface area contributed by atoms with E-state index in [2.05, 4.69) is 152 Å². The first-order chi connectivity index (χ1) is 24.0. The normalized spacial score (nSPS) is 18.8. The fourth-order valence-electron chi connectivity index (χ4n) is 8.32. The van der Waals surface area contributed by atoms with Crippen LogP contribution >= 0.6 is 0 Å². The Hall–Kier alpha value is -5.32. The maximum atomic E-state index is 7.58. The van der Waals surface area contributed by atoms with Gasteiger partial charge in [-0.1, -0.05) is 111 Å². The van der Waals surface area contributed by atoms with Gasteiger partial charge in [0.25, 0.3) is 0 Å². The largest absolute Gasteiger partial charge is 0.497 e. The Labute approximate surface area is 288 Å². The van der Waals surface area contributed by atoms with Crippen molar-refractivity contribution < 1.29 is 14.2 Å². The van der Waals surface area contributed by atoms with Gasteiger partial charge in [0.2, 0.25) is 0 Å². The van der Waals surface area contributed by atoms with E-state index in [4.69, 9.17) is 14.2 Å². The quantitative estimate of drug-likeness (QED) is 0.188. The van der Waals surface area contributed by atoms with Gasteiger partial charge in [-0.2, -0.15) is 0 Å². The average Bonchev–Trinajstić information content (AvgIpc) is 3.42. The lowest BCUT2D eigenvalue weighted by molar-refractivity contribution is 0.122. The summed E-state index contributed by atoms with van der Waals surface area (Å²) < 4.78 is 19.0. The topological polar surface area (TPSA) is 30.9 Å². The van der Waals surface area contributed by atoms with E-state index < -0.39 is 5.60 Å². The van der Waals surface area contributed by atoms with Crippen LogP contribution in [0.3, 0.4) is 0 Å². The van der Waals surface area contributed by atoms with Gasteiger partial charge < -0.3 is 19.1 Å². The molecule has 0 N–H and O–H groups in total. The molecule has 1 atom stereocenters. The lowest BCUT2D eigenvalue weighted by atomic mass is 9.76. The minimum atomic E-state index is -0.856. The molecular weight excluding hydrogens is 602 g/mol. The fourth-order valence-corrected chi connectivity index (χ4v) is 8.32. The number of rotatable bonds is 5. The van der Waals surface area contributed by atoms with E-state index in [-0.39, 0.29) is 5.41 Å². The summed E-state index contributed by atoms with van der Waals surface area (Å²) in [7, 11) is 1.73. The van der Waals surface area contributed by atoms with Crippen LogP contribution in [-0.4, -0.2) is 33.4 Å². The monoisotopic (exact) mass is 641 g/mol. The van der Waals surface area contributed by atoms with Crippen LogP contribution in [-0.2, 0) is 15.8 Å². The number of nitrogens with zero attached hydrogens (tertiary/aromatic N) is 1. The Bertz CT molecular complexity index is 2230. The van der Waals surface area contributed by atoms with Crippen LogP contribution in [0, 0.1) is 0 Å². The van der Waals surface area contributed by atoms with Crippen LogP contribution in [0.4, 0.5) is 5.69 Å². The SMILES string of the molecule is COc1ccc2c3c(c4c(c2c1)OC(c1ccc(-c2ccccc2)cc1)(c1ccc(N2CCOCC2)cc1)C=C4)C(C)(C)c1ccccc1-3. The predicted octanol–water partition coefficient (Wildman–Crippen LogP) is 10.0. The maximum Gasteiger partial charge on any atom is 0.178 e. The highest BCUT2D eigenvalue weighted by Crippen LogP contribution is 2.58. The van der Waals surface area contributed by atoms with Gasteiger partial charge in [0.05, 0.1) is 20.3 Å². The molecule has 0 radical (unpaired) electrons. The third-order valence-electron chi connectivity index (χ3n) is 10.8. The average molecular weight is 642 g/mol. The second-order valence-electron chi connectivity index (χ2n) is 13.8.